The highest BCUT2D eigenvalue weighted by atomic mass is 16.4. The molecule has 6 nitrogen and oxygen atoms in total. The maximum absolute atomic E-state index is 10.5. The van der Waals surface area contributed by atoms with Gasteiger partial charge in [-0.1, -0.05) is 130 Å². The van der Waals surface area contributed by atoms with Gasteiger partial charge in [0.1, 0.15) is 0 Å². The first kappa shape index (κ1) is 40.1. The van der Waals surface area contributed by atoms with Crippen molar-refractivity contribution < 1.29 is 29.7 Å². The largest absolute Gasteiger partial charge is 0.478 e. The van der Waals surface area contributed by atoms with Crippen LogP contribution in [0.4, 0.5) is 0 Å². The fourth-order valence-electron chi connectivity index (χ4n) is 3.46. The molecular formula is C32H58O6. The highest BCUT2D eigenvalue weighted by molar-refractivity contribution is 5.86. The molecule has 0 aromatic rings. The second-order valence-electron chi connectivity index (χ2n) is 10.5. The molecule has 0 aromatic carbocycles. The minimum atomic E-state index is -0.935. The van der Waals surface area contributed by atoms with Crippen LogP contribution >= 0.6 is 0 Å². The monoisotopic (exact) mass is 538 g/mol. The summed E-state index contributed by atoms with van der Waals surface area (Å²) in [5, 5.41) is 25.1. The van der Waals surface area contributed by atoms with Crippen LogP contribution in [0.2, 0.25) is 0 Å². The lowest BCUT2D eigenvalue weighted by Gasteiger charge is -2.04. The summed E-state index contributed by atoms with van der Waals surface area (Å²) in [4.78, 5) is 30.5. The lowest BCUT2D eigenvalue weighted by atomic mass is 10.0. The third kappa shape index (κ3) is 35.8. The predicted molar refractivity (Wildman–Crippen MR) is 160 cm³/mol. The molecule has 0 aliphatic carbocycles. The SMILES string of the molecule is C=C(C)C(=O)O.C=C(CCCCCCCCC(C)C)C(=O)O.C=C(CCCCCCCCCCC)C(=O)O. The Hall–Kier alpha value is -2.37. The third-order valence-electron chi connectivity index (χ3n) is 6.06. The van der Waals surface area contributed by atoms with Crippen LogP contribution in [-0.2, 0) is 14.4 Å². The lowest BCUT2D eigenvalue weighted by molar-refractivity contribution is -0.133. The molecule has 0 bridgehead atoms. The Morgan fingerprint density at radius 2 is 0.842 bits per heavy atom. The fourth-order valence-corrected chi connectivity index (χ4v) is 3.46. The summed E-state index contributed by atoms with van der Waals surface area (Å²) < 4.78 is 0. The molecule has 0 radical (unpaired) electrons. The quantitative estimate of drug-likeness (QED) is 0.0934. The number of rotatable bonds is 22. The first-order valence-electron chi connectivity index (χ1n) is 14.6. The zero-order chi connectivity index (χ0) is 29.8. The van der Waals surface area contributed by atoms with E-state index in [9.17, 15) is 14.4 Å². The molecule has 0 rings (SSSR count). The van der Waals surface area contributed by atoms with E-state index >= 15 is 0 Å². The van der Waals surface area contributed by atoms with Crippen molar-refractivity contribution in [1.29, 1.82) is 0 Å². The second kappa shape index (κ2) is 29.2. The van der Waals surface area contributed by atoms with Gasteiger partial charge < -0.3 is 15.3 Å². The van der Waals surface area contributed by atoms with Crippen LogP contribution in [0, 0.1) is 5.92 Å². The van der Waals surface area contributed by atoms with Crippen molar-refractivity contribution in [3.05, 3.63) is 36.5 Å². The van der Waals surface area contributed by atoms with Crippen molar-refractivity contribution in [3.63, 3.8) is 0 Å². The summed E-state index contributed by atoms with van der Waals surface area (Å²) >= 11 is 0. The van der Waals surface area contributed by atoms with Gasteiger partial charge in [-0.15, -0.1) is 0 Å². The maximum atomic E-state index is 10.5. The molecule has 222 valence electrons. The third-order valence-corrected chi connectivity index (χ3v) is 6.06. The number of carbonyl (C=O) groups is 3. The molecule has 3 N–H and O–H groups in total. The predicted octanol–water partition coefficient (Wildman–Crippen LogP) is 9.60. The van der Waals surface area contributed by atoms with Crippen LogP contribution in [-0.4, -0.2) is 33.2 Å². The Kier molecular flexibility index (Phi) is 30.8. The van der Waals surface area contributed by atoms with Crippen molar-refractivity contribution >= 4 is 17.9 Å². The van der Waals surface area contributed by atoms with Gasteiger partial charge in [0.25, 0.3) is 0 Å². The molecule has 0 atom stereocenters. The van der Waals surface area contributed by atoms with Gasteiger partial charge in [0.2, 0.25) is 0 Å². The maximum Gasteiger partial charge on any atom is 0.330 e. The summed E-state index contributed by atoms with van der Waals surface area (Å²) in [5.41, 5.74) is 0.873. The van der Waals surface area contributed by atoms with E-state index in [1.807, 2.05) is 0 Å². The van der Waals surface area contributed by atoms with E-state index in [1.54, 1.807) is 0 Å². The Bertz CT molecular complexity index is 651. The van der Waals surface area contributed by atoms with Gasteiger partial charge in [0.05, 0.1) is 0 Å². The normalized spacial score (nSPS) is 10.0. The van der Waals surface area contributed by atoms with E-state index in [0.717, 1.165) is 31.6 Å². The van der Waals surface area contributed by atoms with E-state index in [2.05, 4.69) is 40.5 Å². The summed E-state index contributed by atoms with van der Waals surface area (Å²) in [6.45, 7) is 18.4. The van der Waals surface area contributed by atoms with Crippen LogP contribution in [0.15, 0.2) is 36.5 Å². The van der Waals surface area contributed by atoms with Crippen LogP contribution in [0.5, 0.6) is 0 Å². The standard InChI is InChI=1S/2C14H26O2.C4H6O2/c1-12(2)10-8-6-4-5-7-9-11-13(3)14(15)16;1-3-4-5-6-7-8-9-10-11-12-13(2)14(15)16;1-3(2)4(5)6/h12H,3-11H2,1-2H3,(H,15,16);2-12H2,1H3,(H,15,16);1H2,2H3,(H,5,6). The van der Waals surface area contributed by atoms with E-state index in [1.165, 1.54) is 84.0 Å². The molecule has 0 amide bonds. The Labute approximate surface area is 233 Å². The number of hydrogen-bond donors (Lipinski definition) is 3. The van der Waals surface area contributed by atoms with Crippen LogP contribution in [0.25, 0.3) is 0 Å². The second-order valence-corrected chi connectivity index (χ2v) is 10.5. The molecule has 0 aromatic heterocycles. The summed E-state index contributed by atoms with van der Waals surface area (Å²) in [7, 11) is 0. The highest BCUT2D eigenvalue weighted by Gasteiger charge is 2.03. The first-order chi connectivity index (χ1) is 17.9. The number of carboxylic acid groups (broad SMARTS) is 3. The Morgan fingerprint density at radius 3 is 1.11 bits per heavy atom. The Balaban J connectivity index is -0.000000532. The first-order valence-corrected chi connectivity index (χ1v) is 14.6. The number of hydrogen-bond acceptors (Lipinski definition) is 3. The lowest BCUT2D eigenvalue weighted by Crippen LogP contribution is -1.98. The number of aliphatic carboxylic acids is 3. The van der Waals surface area contributed by atoms with Crippen LogP contribution in [0.1, 0.15) is 143 Å². The van der Waals surface area contributed by atoms with Crippen molar-refractivity contribution in [2.45, 2.75) is 143 Å². The highest BCUT2D eigenvalue weighted by Crippen LogP contribution is 2.14. The molecule has 0 saturated heterocycles. The number of carboxylic acids is 3. The molecule has 38 heavy (non-hydrogen) atoms. The van der Waals surface area contributed by atoms with Gasteiger partial charge in [-0.2, -0.15) is 0 Å². The molecule has 0 unspecified atom stereocenters. The van der Waals surface area contributed by atoms with E-state index in [0.29, 0.717) is 24.0 Å². The van der Waals surface area contributed by atoms with Crippen molar-refractivity contribution in [2.75, 3.05) is 0 Å². The van der Waals surface area contributed by atoms with Crippen LogP contribution < -0.4 is 0 Å². The number of unbranched alkanes of at least 4 members (excludes halogenated alkanes) is 13. The van der Waals surface area contributed by atoms with E-state index < -0.39 is 17.9 Å². The van der Waals surface area contributed by atoms with Gasteiger partial charge in [-0.05, 0) is 38.5 Å². The molecular weight excluding hydrogens is 480 g/mol. The molecule has 6 heteroatoms. The molecule has 0 aliphatic heterocycles. The summed E-state index contributed by atoms with van der Waals surface area (Å²) in [6, 6.07) is 0. The topological polar surface area (TPSA) is 112 Å². The fraction of sp³-hybridized carbons (Fsp3) is 0.719. The van der Waals surface area contributed by atoms with Gasteiger partial charge >= 0.3 is 17.9 Å². The molecule has 0 heterocycles. The minimum absolute atomic E-state index is 0.176. The average Bonchev–Trinajstić information content (AvgIpc) is 2.84. The van der Waals surface area contributed by atoms with Gasteiger partial charge in [0.15, 0.2) is 0 Å². The molecule has 0 spiro atoms. The van der Waals surface area contributed by atoms with E-state index in [-0.39, 0.29) is 5.57 Å². The van der Waals surface area contributed by atoms with E-state index in [4.69, 9.17) is 15.3 Å². The molecule has 0 fully saturated rings. The van der Waals surface area contributed by atoms with Gasteiger partial charge in [-0.3, -0.25) is 0 Å². The van der Waals surface area contributed by atoms with Crippen molar-refractivity contribution in [1.82, 2.24) is 0 Å². The van der Waals surface area contributed by atoms with Gasteiger partial charge in [0, 0.05) is 16.7 Å². The zero-order valence-electron chi connectivity index (χ0n) is 25.0. The van der Waals surface area contributed by atoms with Gasteiger partial charge in [-0.25, -0.2) is 14.4 Å². The van der Waals surface area contributed by atoms with Crippen LogP contribution in [0.3, 0.4) is 0 Å². The molecule has 0 aliphatic rings. The average molecular weight is 539 g/mol. The minimum Gasteiger partial charge on any atom is -0.478 e. The molecule has 0 saturated carbocycles. The summed E-state index contributed by atoms with van der Waals surface area (Å²) in [5.74, 6) is -1.81. The van der Waals surface area contributed by atoms with Crippen molar-refractivity contribution in [3.8, 4) is 0 Å². The summed E-state index contributed by atoms with van der Waals surface area (Å²) in [6.07, 6.45) is 21.2. The van der Waals surface area contributed by atoms with Crippen molar-refractivity contribution in [2.24, 2.45) is 5.92 Å². The smallest absolute Gasteiger partial charge is 0.330 e. The zero-order valence-corrected chi connectivity index (χ0v) is 25.0. The Morgan fingerprint density at radius 1 is 0.553 bits per heavy atom.